The molecule has 172 valence electrons. The lowest BCUT2D eigenvalue weighted by Crippen LogP contribution is -2.52. The third kappa shape index (κ3) is 3.83. The fourth-order valence-corrected chi connectivity index (χ4v) is 4.88. The number of ether oxygens (including phenoxy) is 3. The van der Waals surface area contributed by atoms with Crippen molar-refractivity contribution in [2.75, 3.05) is 19.7 Å². The zero-order chi connectivity index (χ0) is 23.4. The second-order valence-corrected chi connectivity index (χ2v) is 9.35. The van der Waals surface area contributed by atoms with Crippen LogP contribution in [-0.4, -0.2) is 65.9 Å². The molecule has 9 heteroatoms. The number of hydrogen-bond acceptors (Lipinski definition) is 6. The van der Waals surface area contributed by atoms with Gasteiger partial charge in [0.05, 0.1) is 30.8 Å². The van der Waals surface area contributed by atoms with Gasteiger partial charge < -0.3 is 19.5 Å². The first-order valence-corrected chi connectivity index (χ1v) is 11.1. The summed E-state index contributed by atoms with van der Waals surface area (Å²) in [6, 6.07) is 13.5. The number of nitrogens with zero attached hydrogens (tertiary/aromatic N) is 1. The van der Waals surface area contributed by atoms with E-state index in [4.69, 9.17) is 25.8 Å². The highest BCUT2D eigenvalue weighted by Crippen LogP contribution is 2.43. The molecule has 3 aliphatic rings. The average Bonchev–Trinajstić information content (AvgIpc) is 3.33. The van der Waals surface area contributed by atoms with Gasteiger partial charge in [-0.15, -0.1) is 0 Å². The Morgan fingerprint density at radius 1 is 1.12 bits per heavy atom. The van der Waals surface area contributed by atoms with E-state index in [9.17, 15) is 14.4 Å². The summed E-state index contributed by atoms with van der Waals surface area (Å²) in [5.41, 5.74) is 0.174. The Morgan fingerprint density at radius 2 is 1.85 bits per heavy atom. The molecule has 3 atom stereocenters. The summed E-state index contributed by atoms with van der Waals surface area (Å²) in [7, 11) is 0. The lowest BCUT2D eigenvalue weighted by molar-refractivity contribution is -0.189. The number of amides is 3. The van der Waals surface area contributed by atoms with E-state index in [0.29, 0.717) is 16.1 Å². The standard InChI is InChI=1S/C24H23ClN2O6/c1-23(2)32-19-18(11-27-21(29)16-9-8-15(25)10-17(16)22(27)30)31-13-24(19,33-23)12-26-20(28)14-6-4-3-5-7-14/h3-10,18-19H,11-13H2,1-2H3,(H,26,28)/t18-,19-,24+/m1/s1. The van der Waals surface area contributed by atoms with Crippen molar-refractivity contribution < 1.29 is 28.6 Å². The fraction of sp³-hybridized carbons (Fsp3) is 0.375. The predicted molar refractivity (Wildman–Crippen MR) is 118 cm³/mol. The number of carbonyl (C=O) groups is 3. The third-order valence-electron chi connectivity index (χ3n) is 6.14. The number of imide groups is 1. The zero-order valence-corrected chi connectivity index (χ0v) is 18.9. The van der Waals surface area contributed by atoms with Crippen LogP contribution in [0.3, 0.4) is 0 Å². The molecule has 0 aliphatic carbocycles. The number of halogens is 1. The molecule has 2 saturated heterocycles. The normalized spacial score (nSPS) is 27.5. The SMILES string of the molecule is CC1(C)O[C@@H]2[C@@H](CN3C(=O)c4ccc(Cl)cc4C3=O)OC[C@]2(CNC(=O)c2ccccc2)O1. The predicted octanol–water partition coefficient (Wildman–Crippen LogP) is 2.66. The number of nitrogens with one attached hydrogen (secondary N) is 1. The molecular formula is C24H23ClN2O6. The van der Waals surface area contributed by atoms with Gasteiger partial charge in [-0.1, -0.05) is 29.8 Å². The van der Waals surface area contributed by atoms with Crippen molar-refractivity contribution >= 4 is 29.3 Å². The summed E-state index contributed by atoms with van der Waals surface area (Å²) in [5, 5.41) is 3.29. The molecule has 3 heterocycles. The van der Waals surface area contributed by atoms with Crippen LogP contribution in [0.5, 0.6) is 0 Å². The Kier molecular flexibility index (Phi) is 5.29. The van der Waals surface area contributed by atoms with Crippen LogP contribution in [0.1, 0.15) is 44.9 Å². The van der Waals surface area contributed by atoms with E-state index in [1.807, 2.05) is 6.07 Å². The van der Waals surface area contributed by atoms with Crippen molar-refractivity contribution in [1.29, 1.82) is 0 Å². The summed E-state index contributed by atoms with van der Waals surface area (Å²) >= 11 is 6.00. The van der Waals surface area contributed by atoms with Gasteiger partial charge >= 0.3 is 0 Å². The van der Waals surface area contributed by atoms with E-state index in [2.05, 4.69) is 5.32 Å². The van der Waals surface area contributed by atoms with Crippen molar-refractivity contribution in [2.45, 2.75) is 37.4 Å². The van der Waals surface area contributed by atoms with Crippen molar-refractivity contribution in [3.8, 4) is 0 Å². The van der Waals surface area contributed by atoms with E-state index in [1.165, 1.54) is 6.07 Å². The van der Waals surface area contributed by atoms with Gasteiger partial charge in [0.15, 0.2) is 5.79 Å². The summed E-state index contributed by atoms with van der Waals surface area (Å²) in [6.45, 7) is 3.88. The molecule has 0 aromatic heterocycles. The highest BCUT2D eigenvalue weighted by molar-refractivity contribution is 6.32. The first-order chi connectivity index (χ1) is 15.7. The Labute approximate surface area is 195 Å². The second-order valence-electron chi connectivity index (χ2n) is 8.91. The van der Waals surface area contributed by atoms with E-state index >= 15 is 0 Å². The molecule has 3 amide bonds. The van der Waals surface area contributed by atoms with Crippen molar-refractivity contribution in [1.82, 2.24) is 10.2 Å². The number of rotatable bonds is 5. The van der Waals surface area contributed by atoms with E-state index in [0.717, 1.165) is 4.90 Å². The number of carbonyl (C=O) groups excluding carboxylic acids is 3. The Hall–Kier alpha value is -2.78. The quantitative estimate of drug-likeness (QED) is 0.675. The maximum Gasteiger partial charge on any atom is 0.261 e. The van der Waals surface area contributed by atoms with Crippen molar-refractivity contribution in [2.24, 2.45) is 0 Å². The highest BCUT2D eigenvalue weighted by atomic mass is 35.5. The van der Waals surface area contributed by atoms with Gasteiger partial charge in [0, 0.05) is 10.6 Å². The third-order valence-corrected chi connectivity index (χ3v) is 6.37. The zero-order valence-electron chi connectivity index (χ0n) is 18.2. The molecule has 0 unspecified atom stereocenters. The molecule has 0 saturated carbocycles. The van der Waals surface area contributed by atoms with Crippen molar-refractivity contribution in [3.63, 3.8) is 0 Å². The van der Waals surface area contributed by atoms with E-state index < -0.39 is 35.4 Å². The van der Waals surface area contributed by atoms with Crippen LogP contribution in [0.15, 0.2) is 48.5 Å². The molecular weight excluding hydrogens is 448 g/mol. The van der Waals surface area contributed by atoms with Gasteiger partial charge in [-0.3, -0.25) is 19.3 Å². The summed E-state index contributed by atoms with van der Waals surface area (Å²) < 4.78 is 18.3. The molecule has 2 aromatic rings. The summed E-state index contributed by atoms with van der Waals surface area (Å²) in [5.74, 6) is -1.98. The molecule has 0 radical (unpaired) electrons. The van der Waals surface area contributed by atoms with Crippen LogP contribution in [0.2, 0.25) is 5.02 Å². The van der Waals surface area contributed by atoms with E-state index in [1.54, 1.807) is 50.2 Å². The van der Waals surface area contributed by atoms with Crippen LogP contribution < -0.4 is 5.32 Å². The molecule has 33 heavy (non-hydrogen) atoms. The van der Waals surface area contributed by atoms with Crippen LogP contribution in [0, 0.1) is 0 Å². The smallest absolute Gasteiger partial charge is 0.261 e. The monoisotopic (exact) mass is 470 g/mol. The van der Waals surface area contributed by atoms with Crippen LogP contribution in [0.25, 0.3) is 0 Å². The summed E-state index contributed by atoms with van der Waals surface area (Å²) in [6.07, 6.45) is -1.20. The Balaban J connectivity index is 1.33. The number of fused-ring (bicyclic) bond motifs is 2. The number of benzene rings is 2. The minimum atomic E-state index is -0.944. The second kappa shape index (κ2) is 7.92. The molecule has 2 aromatic carbocycles. The van der Waals surface area contributed by atoms with Gasteiger partial charge in [0.1, 0.15) is 17.8 Å². The van der Waals surface area contributed by atoms with Gasteiger partial charge in [-0.2, -0.15) is 0 Å². The maximum atomic E-state index is 12.9. The first-order valence-electron chi connectivity index (χ1n) is 10.7. The molecule has 0 spiro atoms. The summed E-state index contributed by atoms with van der Waals surface area (Å²) in [4.78, 5) is 39.5. The molecule has 2 fully saturated rings. The molecule has 0 bridgehead atoms. The van der Waals surface area contributed by atoms with Crippen LogP contribution in [-0.2, 0) is 14.2 Å². The Morgan fingerprint density at radius 3 is 2.61 bits per heavy atom. The van der Waals surface area contributed by atoms with Crippen LogP contribution in [0.4, 0.5) is 0 Å². The van der Waals surface area contributed by atoms with Gasteiger partial charge in [-0.05, 0) is 44.2 Å². The van der Waals surface area contributed by atoms with Gasteiger partial charge in [0.2, 0.25) is 0 Å². The van der Waals surface area contributed by atoms with Crippen LogP contribution >= 0.6 is 11.6 Å². The van der Waals surface area contributed by atoms with Gasteiger partial charge in [0.25, 0.3) is 17.7 Å². The van der Waals surface area contributed by atoms with E-state index in [-0.39, 0.29) is 31.2 Å². The topological polar surface area (TPSA) is 94.2 Å². The molecule has 5 rings (SSSR count). The lowest BCUT2D eigenvalue weighted by Gasteiger charge is -2.27. The first kappa shape index (κ1) is 22.0. The minimum Gasteiger partial charge on any atom is -0.370 e. The Bertz CT molecular complexity index is 1140. The molecule has 1 N–H and O–H groups in total. The van der Waals surface area contributed by atoms with Gasteiger partial charge in [-0.25, -0.2) is 0 Å². The highest BCUT2D eigenvalue weighted by Gasteiger charge is 2.61. The maximum absolute atomic E-state index is 12.9. The number of hydrogen-bond donors (Lipinski definition) is 1. The van der Waals surface area contributed by atoms with Crippen molar-refractivity contribution in [3.05, 3.63) is 70.2 Å². The average molecular weight is 471 g/mol. The fourth-order valence-electron chi connectivity index (χ4n) is 4.71. The molecule has 3 aliphatic heterocycles. The lowest BCUT2D eigenvalue weighted by atomic mass is 9.96. The largest absolute Gasteiger partial charge is 0.370 e. The minimum absolute atomic E-state index is 0.00243. The molecule has 8 nitrogen and oxygen atoms in total.